The molecule has 1 unspecified atom stereocenters. The highest BCUT2D eigenvalue weighted by Crippen LogP contribution is 2.12. The van der Waals surface area contributed by atoms with Crippen LogP contribution in [0, 0.1) is 0 Å². The van der Waals surface area contributed by atoms with Gasteiger partial charge in [0.1, 0.15) is 5.72 Å². The van der Waals surface area contributed by atoms with Gasteiger partial charge < -0.3 is 5.11 Å². The van der Waals surface area contributed by atoms with Crippen molar-refractivity contribution < 1.29 is 5.11 Å². The molecule has 0 radical (unpaired) electrons. The van der Waals surface area contributed by atoms with Crippen LogP contribution < -0.4 is 5.32 Å². The van der Waals surface area contributed by atoms with Crippen molar-refractivity contribution >= 4 is 0 Å². The molecule has 0 aromatic rings. The molecule has 0 aromatic carbocycles. The first-order valence-electron chi connectivity index (χ1n) is 3.02. The van der Waals surface area contributed by atoms with Crippen LogP contribution >= 0.6 is 0 Å². The monoisotopic (exact) mass is 125 g/mol. The van der Waals surface area contributed by atoms with Gasteiger partial charge in [-0.1, -0.05) is 18.2 Å². The van der Waals surface area contributed by atoms with Crippen molar-refractivity contribution in [1.29, 1.82) is 0 Å². The second-order valence-electron chi connectivity index (χ2n) is 2.17. The largest absolute Gasteiger partial charge is 0.372 e. The fourth-order valence-corrected chi connectivity index (χ4v) is 0.794. The standard InChI is InChI=1S/C7H11NO/c1-8-7(9)5-3-2-4-6-7/h2-5,8-9H,6H2,1H3. The maximum atomic E-state index is 9.43. The number of nitrogens with one attached hydrogen (secondary N) is 1. The third-order valence-electron chi connectivity index (χ3n) is 1.48. The third kappa shape index (κ3) is 1.40. The Morgan fingerprint density at radius 1 is 1.56 bits per heavy atom. The molecule has 1 aliphatic rings. The molecule has 2 heteroatoms. The Balaban J connectivity index is 2.63. The molecular weight excluding hydrogens is 114 g/mol. The van der Waals surface area contributed by atoms with Gasteiger partial charge in [-0.3, -0.25) is 5.32 Å². The molecule has 0 aromatic heterocycles. The first kappa shape index (κ1) is 6.52. The minimum Gasteiger partial charge on any atom is -0.372 e. The lowest BCUT2D eigenvalue weighted by molar-refractivity contribution is 0.0648. The van der Waals surface area contributed by atoms with E-state index in [1.54, 1.807) is 13.1 Å². The molecule has 2 nitrogen and oxygen atoms in total. The van der Waals surface area contributed by atoms with Crippen molar-refractivity contribution in [2.45, 2.75) is 12.1 Å². The lowest BCUT2D eigenvalue weighted by Gasteiger charge is -2.23. The van der Waals surface area contributed by atoms with E-state index in [0.717, 1.165) is 0 Å². The predicted octanol–water partition coefficient (Wildman–Crippen LogP) is 0.410. The first-order valence-corrected chi connectivity index (χ1v) is 3.02. The maximum absolute atomic E-state index is 9.43. The second kappa shape index (κ2) is 2.33. The first-order chi connectivity index (χ1) is 4.27. The Morgan fingerprint density at radius 3 is 2.67 bits per heavy atom. The molecule has 2 N–H and O–H groups in total. The summed E-state index contributed by atoms with van der Waals surface area (Å²) in [5.41, 5.74) is -0.797. The van der Waals surface area contributed by atoms with Crippen molar-refractivity contribution in [2.24, 2.45) is 0 Å². The normalized spacial score (nSPS) is 33.1. The summed E-state index contributed by atoms with van der Waals surface area (Å²) in [5, 5.41) is 12.2. The number of hydrogen-bond acceptors (Lipinski definition) is 2. The van der Waals surface area contributed by atoms with Gasteiger partial charge in [0, 0.05) is 6.42 Å². The molecule has 1 aliphatic carbocycles. The van der Waals surface area contributed by atoms with Gasteiger partial charge in [-0.15, -0.1) is 0 Å². The number of rotatable bonds is 1. The third-order valence-corrected chi connectivity index (χ3v) is 1.48. The molecule has 50 valence electrons. The molecule has 0 bridgehead atoms. The summed E-state index contributed by atoms with van der Waals surface area (Å²) in [6.07, 6.45) is 8.08. The quantitative estimate of drug-likeness (QED) is 0.497. The van der Waals surface area contributed by atoms with E-state index in [1.807, 2.05) is 18.2 Å². The molecule has 9 heavy (non-hydrogen) atoms. The van der Waals surface area contributed by atoms with Gasteiger partial charge in [0.25, 0.3) is 0 Å². The van der Waals surface area contributed by atoms with E-state index < -0.39 is 5.72 Å². The van der Waals surface area contributed by atoms with E-state index in [-0.39, 0.29) is 0 Å². The highest BCUT2D eigenvalue weighted by molar-refractivity contribution is 5.16. The zero-order valence-corrected chi connectivity index (χ0v) is 5.46. The van der Waals surface area contributed by atoms with Gasteiger partial charge in [-0.05, 0) is 13.1 Å². The van der Waals surface area contributed by atoms with E-state index >= 15 is 0 Å². The lowest BCUT2D eigenvalue weighted by atomic mass is 10.1. The van der Waals surface area contributed by atoms with Crippen molar-refractivity contribution in [2.75, 3.05) is 7.05 Å². The molecule has 0 fully saturated rings. The van der Waals surface area contributed by atoms with Gasteiger partial charge in [0.2, 0.25) is 0 Å². The number of likely N-dealkylation sites (N-methyl/N-ethyl adjacent to an activating group) is 1. The zero-order valence-electron chi connectivity index (χ0n) is 5.46. The predicted molar refractivity (Wildman–Crippen MR) is 36.9 cm³/mol. The van der Waals surface area contributed by atoms with Crippen LogP contribution in [-0.2, 0) is 0 Å². The van der Waals surface area contributed by atoms with Gasteiger partial charge >= 0.3 is 0 Å². The number of allylic oxidation sites excluding steroid dienone is 2. The van der Waals surface area contributed by atoms with E-state index in [9.17, 15) is 5.11 Å². The lowest BCUT2D eigenvalue weighted by Crippen LogP contribution is -2.40. The fraction of sp³-hybridized carbons (Fsp3) is 0.429. The summed E-state index contributed by atoms with van der Waals surface area (Å²) in [6, 6.07) is 0. The van der Waals surface area contributed by atoms with Gasteiger partial charge in [-0.25, -0.2) is 0 Å². The highest BCUT2D eigenvalue weighted by atomic mass is 16.3. The number of aliphatic hydroxyl groups is 1. The summed E-state index contributed by atoms with van der Waals surface area (Å²) >= 11 is 0. The summed E-state index contributed by atoms with van der Waals surface area (Å²) in [7, 11) is 1.74. The Labute approximate surface area is 54.9 Å². The number of hydrogen-bond donors (Lipinski definition) is 2. The average molecular weight is 125 g/mol. The summed E-state index contributed by atoms with van der Waals surface area (Å²) in [4.78, 5) is 0. The van der Waals surface area contributed by atoms with Crippen LogP contribution in [0.15, 0.2) is 24.3 Å². The Bertz CT molecular complexity index is 151. The summed E-state index contributed by atoms with van der Waals surface area (Å²) in [5.74, 6) is 0. The Morgan fingerprint density at radius 2 is 2.33 bits per heavy atom. The molecule has 0 heterocycles. The van der Waals surface area contributed by atoms with Crippen molar-refractivity contribution in [3.05, 3.63) is 24.3 Å². The zero-order chi connectivity index (χ0) is 6.74. The Hall–Kier alpha value is -0.600. The van der Waals surface area contributed by atoms with E-state index in [4.69, 9.17) is 0 Å². The van der Waals surface area contributed by atoms with Gasteiger partial charge in [-0.2, -0.15) is 0 Å². The minimum absolute atomic E-state index is 0.653. The van der Waals surface area contributed by atoms with Crippen molar-refractivity contribution in [1.82, 2.24) is 5.32 Å². The molecule has 1 atom stereocenters. The van der Waals surface area contributed by atoms with Crippen LogP contribution in [0.4, 0.5) is 0 Å². The van der Waals surface area contributed by atoms with E-state index in [2.05, 4.69) is 5.32 Å². The highest BCUT2D eigenvalue weighted by Gasteiger charge is 2.19. The molecular formula is C7H11NO. The molecule has 0 saturated carbocycles. The molecule has 0 spiro atoms. The van der Waals surface area contributed by atoms with Crippen molar-refractivity contribution in [3.63, 3.8) is 0 Å². The van der Waals surface area contributed by atoms with E-state index in [1.165, 1.54) is 0 Å². The smallest absolute Gasteiger partial charge is 0.138 e. The van der Waals surface area contributed by atoms with Crippen LogP contribution in [-0.4, -0.2) is 17.9 Å². The minimum atomic E-state index is -0.797. The molecule has 0 aliphatic heterocycles. The van der Waals surface area contributed by atoms with Crippen LogP contribution in [0.5, 0.6) is 0 Å². The van der Waals surface area contributed by atoms with E-state index in [0.29, 0.717) is 6.42 Å². The summed E-state index contributed by atoms with van der Waals surface area (Å²) < 4.78 is 0. The topological polar surface area (TPSA) is 32.3 Å². The molecule has 0 amide bonds. The van der Waals surface area contributed by atoms with Crippen LogP contribution in [0.2, 0.25) is 0 Å². The van der Waals surface area contributed by atoms with Crippen LogP contribution in [0.25, 0.3) is 0 Å². The second-order valence-corrected chi connectivity index (χ2v) is 2.17. The maximum Gasteiger partial charge on any atom is 0.138 e. The van der Waals surface area contributed by atoms with Crippen LogP contribution in [0.1, 0.15) is 6.42 Å². The Kier molecular flexibility index (Phi) is 1.69. The average Bonchev–Trinajstić information content (AvgIpc) is 1.90. The fourth-order valence-electron chi connectivity index (χ4n) is 0.794. The van der Waals surface area contributed by atoms with Crippen LogP contribution in [0.3, 0.4) is 0 Å². The molecule has 0 saturated heterocycles. The van der Waals surface area contributed by atoms with Gasteiger partial charge in [0.15, 0.2) is 0 Å². The summed E-state index contributed by atoms with van der Waals surface area (Å²) in [6.45, 7) is 0. The van der Waals surface area contributed by atoms with Gasteiger partial charge in [0.05, 0.1) is 0 Å². The van der Waals surface area contributed by atoms with Crippen molar-refractivity contribution in [3.8, 4) is 0 Å². The molecule has 1 rings (SSSR count). The SMILES string of the molecule is CNC1(O)C=CC=CC1.